The molecule has 0 spiro atoms. The zero-order valence-corrected chi connectivity index (χ0v) is 14.1. The van der Waals surface area contributed by atoms with Crippen molar-refractivity contribution in [2.24, 2.45) is 0 Å². The van der Waals surface area contributed by atoms with Crippen molar-refractivity contribution in [3.63, 3.8) is 0 Å². The molecule has 9 heteroatoms. The number of aromatic nitrogens is 1. The topological polar surface area (TPSA) is 104 Å². The number of ether oxygens (including phenoxy) is 3. The van der Waals surface area contributed by atoms with Crippen molar-refractivity contribution in [3.8, 4) is 5.75 Å². The molecule has 1 aliphatic heterocycles. The Kier molecular flexibility index (Phi) is 4.94. The van der Waals surface area contributed by atoms with Crippen LogP contribution in [0.4, 0.5) is 5.69 Å². The molecule has 1 aliphatic rings. The van der Waals surface area contributed by atoms with Crippen LogP contribution >= 0.6 is 11.3 Å². The monoisotopic (exact) mass is 362 g/mol. The summed E-state index contributed by atoms with van der Waals surface area (Å²) in [5.74, 6) is -0.899. The van der Waals surface area contributed by atoms with Crippen molar-refractivity contribution in [3.05, 3.63) is 39.8 Å². The van der Waals surface area contributed by atoms with Gasteiger partial charge in [0.05, 0.1) is 23.6 Å². The lowest BCUT2D eigenvalue weighted by Gasteiger charge is -2.18. The molecule has 3 rings (SSSR count). The molecule has 2 heterocycles. The molecule has 1 amide bonds. The highest BCUT2D eigenvalue weighted by Crippen LogP contribution is 2.28. The molecule has 1 N–H and O–H groups in total. The van der Waals surface area contributed by atoms with E-state index in [2.05, 4.69) is 10.3 Å². The lowest BCUT2D eigenvalue weighted by Crippen LogP contribution is -2.25. The van der Waals surface area contributed by atoms with E-state index in [1.807, 2.05) is 0 Å². The molecular formula is C16H14N2O6S. The third kappa shape index (κ3) is 3.94. The number of thiazole rings is 1. The number of amides is 1. The fourth-order valence-corrected chi connectivity index (χ4v) is 2.78. The first kappa shape index (κ1) is 16.9. The number of benzene rings is 1. The molecule has 0 fully saturated rings. The number of rotatable bonds is 5. The van der Waals surface area contributed by atoms with Crippen molar-refractivity contribution in [1.82, 2.24) is 4.98 Å². The van der Waals surface area contributed by atoms with Crippen molar-refractivity contribution in [2.45, 2.75) is 13.5 Å². The summed E-state index contributed by atoms with van der Waals surface area (Å²) >= 11 is 1.13. The Morgan fingerprint density at radius 2 is 2.16 bits per heavy atom. The Labute approximate surface area is 146 Å². The quantitative estimate of drug-likeness (QED) is 0.811. The van der Waals surface area contributed by atoms with E-state index in [0.29, 0.717) is 17.1 Å². The predicted molar refractivity (Wildman–Crippen MR) is 87.8 cm³/mol. The summed E-state index contributed by atoms with van der Waals surface area (Å²) in [4.78, 5) is 39.0. The Hall–Kier alpha value is -2.94. The van der Waals surface area contributed by atoms with Gasteiger partial charge in [0.1, 0.15) is 12.4 Å². The standard InChI is InChI=1S/C16H14N2O6S/c1-2-22-16(21)14-17-10(8-25-14)6-24-15(20)9-3-4-11-12(5-9)23-7-13(19)18-11/h3-5,8H,2,6-7H2,1H3,(H,18,19). The Bertz CT molecular complexity index is 832. The minimum atomic E-state index is -0.561. The minimum absolute atomic E-state index is 0.0661. The van der Waals surface area contributed by atoms with E-state index in [0.717, 1.165) is 11.3 Å². The van der Waals surface area contributed by atoms with E-state index in [1.165, 1.54) is 12.1 Å². The maximum absolute atomic E-state index is 12.1. The molecule has 0 aliphatic carbocycles. The van der Waals surface area contributed by atoms with Gasteiger partial charge in [-0.05, 0) is 25.1 Å². The minimum Gasteiger partial charge on any atom is -0.482 e. The zero-order chi connectivity index (χ0) is 17.8. The highest BCUT2D eigenvalue weighted by Gasteiger charge is 2.19. The van der Waals surface area contributed by atoms with Gasteiger partial charge in [-0.1, -0.05) is 0 Å². The van der Waals surface area contributed by atoms with Crippen molar-refractivity contribution < 1.29 is 28.6 Å². The number of fused-ring (bicyclic) bond motifs is 1. The lowest BCUT2D eigenvalue weighted by atomic mass is 10.1. The molecule has 0 saturated heterocycles. The fraction of sp³-hybridized carbons (Fsp3) is 0.250. The normalized spacial score (nSPS) is 12.6. The maximum atomic E-state index is 12.1. The first-order chi connectivity index (χ1) is 12.1. The van der Waals surface area contributed by atoms with E-state index in [-0.39, 0.29) is 36.3 Å². The molecule has 0 saturated carbocycles. The van der Waals surface area contributed by atoms with Gasteiger partial charge in [-0.3, -0.25) is 4.79 Å². The number of nitrogens with one attached hydrogen (secondary N) is 1. The summed E-state index contributed by atoms with van der Waals surface area (Å²) < 4.78 is 15.3. The van der Waals surface area contributed by atoms with E-state index in [9.17, 15) is 14.4 Å². The molecule has 8 nitrogen and oxygen atoms in total. The molecule has 0 radical (unpaired) electrons. The molecule has 25 heavy (non-hydrogen) atoms. The Morgan fingerprint density at radius 1 is 1.32 bits per heavy atom. The number of hydrogen-bond donors (Lipinski definition) is 1. The van der Waals surface area contributed by atoms with Crippen LogP contribution in [0.25, 0.3) is 0 Å². The van der Waals surface area contributed by atoms with Gasteiger partial charge in [-0.2, -0.15) is 0 Å². The lowest BCUT2D eigenvalue weighted by molar-refractivity contribution is -0.118. The smallest absolute Gasteiger partial charge is 0.367 e. The number of hydrogen-bond acceptors (Lipinski definition) is 8. The number of carbonyl (C=O) groups is 3. The second kappa shape index (κ2) is 7.31. The third-order valence-corrected chi connectivity index (χ3v) is 4.07. The summed E-state index contributed by atoms with van der Waals surface area (Å²) in [7, 11) is 0. The van der Waals surface area contributed by atoms with Gasteiger partial charge in [0.15, 0.2) is 6.61 Å². The Morgan fingerprint density at radius 3 is 2.96 bits per heavy atom. The molecule has 0 bridgehead atoms. The summed E-state index contributed by atoms with van der Waals surface area (Å²) in [5, 5.41) is 4.48. The van der Waals surface area contributed by atoms with Gasteiger partial charge in [0.25, 0.3) is 5.91 Å². The largest absolute Gasteiger partial charge is 0.482 e. The predicted octanol–water partition coefficient (Wildman–Crippen LogP) is 2.01. The van der Waals surface area contributed by atoms with E-state index < -0.39 is 11.9 Å². The van der Waals surface area contributed by atoms with E-state index in [4.69, 9.17) is 14.2 Å². The molecular weight excluding hydrogens is 348 g/mol. The van der Waals surface area contributed by atoms with Crippen LogP contribution in [-0.2, 0) is 20.9 Å². The maximum Gasteiger partial charge on any atom is 0.367 e. The molecule has 130 valence electrons. The molecule has 1 aromatic carbocycles. The number of esters is 2. The number of carbonyl (C=O) groups excluding carboxylic acids is 3. The van der Waals surface area contributed by atoms with Crippen molar-refractivity contribution in [1.29, 1.82) is 0 Å². The Balaban J connectivity index is 1.61. The number of nitrogens with zero attached hydrogens (tertiary/aromatic N) is 1. The van der Waals surface area contributed by atoms with Crippen LogP contribution in [0.3, 0.4) is 0 Å². The van der Waals surface area contributed by atoms with Gasteiger partial charge in [-0.25, -0.2) is 14.6 Å². The van der Waals surface area contributed by atoms with Crippen molar-refractivity contribution >= 4 is 34.9 Å². The summed E-state index contributed by atoms with van der Waals surface area (Å²) in [6, 6.07) is 4.61. The van der Waals surface area contributed by atoms with Crippen LogP contribution in [0.15, 0.2) is 23.6 Å². The summed E-state index contributed by atoms with van der Waals surface area (Å²) in [6.45, 7) is 1.82. The van der Waals surface area contributed by atoms with Crippen LogP contribution in [0.1, 0.15) is 32.8 Å². The van der Waals surface area contributed by atoms with Crippen LogP contribution in [0.2, 0.25) is 0 Å². The number of anilines is 1. The highest BCUT2D eigenvalue weighted by atomic mass is 32.1. The molecule has 0 unspecified atom stereocenters. The van der Waals surface area contributed by atoms with Crippen LogP contribution in [0.5, 0.6) is 5.75 Å². The first-order valence-corrected chi connectivity index (χ1v) is 8.30. The fourth-order valence-electron chi connectivity index (χ4n) is 2.08. The van der Waals surface area contributed by atoms with E-state index >= 15 is 0 Å². The van der Waals surface area contributed by atoms with Gasteiger partial charge in [0.2, 0.25) is 5.01 Å². The average Bonchev–Trinajstić information content (AvgIpc) is 3.08. The SMILES string of the molecule is CCOC(=O)c1nc(COC(=O)c2ccc3c(c2)OCC(=O)N3)cs1. The third-order valence-electron chi connectivity index (χ3n) is 3.20. The molecule has 0 atom stereocenters. The van der Waals surface area contributed by atoms with E-state index in [1.54, 1.807) is 18.4 Å². The van der Waals surface area contributed by atoms with Crippen LogP contribution < -0.4 is 10.1 Å². The van der Waals surface area contributed by atoms with Crippen LogP contribution in [-0.4, -0.2) is 36.0 Å². The second-order valence-electron chi connectivity index (χ2n) is 4.99. The summed E-state index contributed by atoms with van der Waals surface area (Å²) in [5.41, 5.74) is 1.25. The van der Waals surface area contributed by atoms with Crippen LogP contribution in [0, 0.1) is 0 Å². The zero-order valence-electron chi connectivity index (χ0n) is 13.2. The second-order valence-corrected chi connectivity index (χ2v) is 5.85. The van der Waals surface area contributed by atoms with Gasteiger partial charge in [0, 0.05) is 5.38 Å². The van der Waals surface area contributed by atoms with Crippen molar-refractivity contribution in [2.75, 3.05) is 18.5 Å². The summed E-state index contributed by atoms with van der Waals surface area (Å²) in [6.07, 6.45) is 0. The van der Waals surface area contributed by atoms with Gasteiger partial charge in [-0.15, -0.1) is 11.3 Å². The first-order valence-electron chi connectivity index (χ1n) is 7.42. The highest BCUT2D eigenvalue weighted by molar-refractivity contribution is 7.11. The van der Waals surface area contributed by atoms with Gasteiger partial charge < -0.3 is 19.5 Å². The molecule has 1 aromatic heterocycles. The van der Waals surface area contributed by atoms with Gasteiger partial charge >= 0.3 is 11.9 Å². The average molecular weight is 362 g/mol. The molecule has 2 aromatic rings.